The molecule has 1 heterocycles. The van der Waals surface area contributed by atoms with Crippen molar-refractivity contribution in [3.63, 3.8) is 0 Å². The first-order valence-corrected chi connectivity index (χ1v) is 5.68. The Bertz CT molecular complexity index is 599. The zero-order chi connectivity index (χ0) is 13.1. The summed E-state index contributed by atoms with van der Waals surface area (Å²) in [6, 6.07) is 8.25. The average Bonchev–Trinajstić information content (AvgIpc) is 2.35. The van der Waals surface area contributed by atoms with E-state index in [1.165, 1.54) is 12.3 Å². The molecule has 2 N–H and O–H groups in total. The number of aromatic hydroxyl groups is 1. The second kappa shape index (κ2) is 5.06. The number of benzene rings is 1. The van der Waals surface area contributed by atoms with Crippen molar-refractivity contribution in [3.8, 4) is 5.75 Å². The number of aromatic nitrogens is 1. The molecule has 0 bridgehead atoms. The predicted octanol–water partition coefficient (Wildman–Crippen LogP) is 3.00. The minimum absolute atomic E-state index is 0.0398. The minimum Gasteiger partial charge on any atom is -0.507 e. The number of phenolic OH excluding ortho intramolecular Hbond substituents is 1. The predicted molar refractivity (Wildman–Crippen MR) is 70.0 cm³/mol. The molecule has 0 spiro atoms. The minimum atomic E-state index is -0.447. The molecule has 92 valence electrons. The van der Waals surface area contributed by atoms with Crippen molar-refractivity contribution in [2.45, 2.75) is 6.92 Å². The van der Waals surface area contributed by atoms with Crippen LogP contribution in [-0.2, 0) is 0 Å². The number of carbonyl (C=O) groups excluding carboxylic acids is 1. The Morgan fingerprint density at radius 1 is 1.33 bits per heavy atom. The van der Waals surface area contributed by atoms with Crippen LogP contribution >= 0.6 is 11.6 Å². The first-order chi connectivity index (χ1) is 8.59. The molecule has 2 rings (SSSR count). The molecular weight excluding hydrogens is 252 g/mol. The quantitative estimate of drug-likeness (QED) is 0.875. The Balaban J connectivity index is 2.28. The normalized spacial score (nSPS) is 10.1. The molecular formula is C13H11ClN2O2. The summed E-state index contributed by atoms with van der Waals surface area (Å²) in [6.07, 6.45) is 1.53. The summed E-state index contributed by atoms with van der Waals surface area (Å²) >= 11 is 5.89. The summed E-state index contributed by atoms with van der Waals surface area (Å²) in [7, 11) is 0. The first kappa shape index (κ1) is 12.4. The second-order valence-corrected chi connectivity index (χ2v) is 4.17. The lowest BCUT2D eigenvalue weighted by Gasteiger charge is -2.08. The Hall–Kier alpha value is -2.07. The summed E-state index contributed by atoms with van der Waals surface area (Å²) < 4.78 is 0. The number of amides is 1. The average molecular weight is 263 g/mol. The highest BCUT2D eigenvalue weighted by molar-refractivity contribution is 6.33. The zero-order valence-electron chi connectivity index (χ0n) is 9.64. The molecule has 0 aliphatic carbocycles. The number of nitrogens with zero attached hydrogens (tertiary/aromatic N) is 1. The van der Waals surface area contributed by atoms with E-state index in [4.69, 9.17) is 11.6 Å². The smallest absolute Gasteiger partial charge is 0.260 e. The molecule has 1 amide bonds. The van der Waals surface area contributed by atoms with E-state index < -0.39 is 5.91 Å². The third-order valence-corrected chi connectivity index (χ3v) is 2.78. The van der Waals surface area contributed by atoms with Gasteiger partial charge in [-0.1, -0.05) is 23.7 Å². The fourth-order valence-corrected chi connectivity index (χ4v) is 1.66. The van der Waals surface area contributed by atoms with Crippen LogP contribution in [0.5, 0.6) is 5.75 Å². The van der Waals surface area contributed by atoms with Crippen molar-refractivity contribution >= 4 is 23.3 Å². The fourth-order valence-electron chi connectivity index (χ4n) is 1.49. The molecule has 0 saturated carbocycles. The van der Waals surface area contributed by atoms with Gasteiger partial charge in [-0.15, -0.1) is 0 Å². The molecule has 1 aromatic heterocycles. The van der Waals surface area contributed by atoms with Gasteiger partial charge in [0.25, 0.3) is 5.91 Å². The van der Waals surface area contributed by atoms with Crippen molar-refractivity contribution in [2.24, 2.45) is 0 Å². The van der Waals surface area contributed by atoms with Crippen molar-refractivity contribution < 1.29 is 9.90 Å². The highest BCUT2D eigenvalue weighted by Crippen LogP contribution is 2.24. The molecule has 0 aliphatic rings. The number of para-hydroxylation sites is 1. The van der Waals surface area contributed by atoms with Crippen LogP contribution in [0.25, 0.3) is 0 Å². The van der Waals surface area contributed by atoms with E-state index >= 15 is 0 Å². The monoisotopic (exact) mass is 262 g/mol. The van der Waals surface area contributed by atoms with Gasteiger partial charge in [0.15, 0.2) is 5.82 Å². The van der Waals surface area contributed by atoms with E-state index in [0.29, 0.717) is 10.6 Å². The molecule has 2 aromatic rings. The first-order valence-electron chi connectivity index (χ1n) is 5.30. The summed E-state index contributed by atoms with van der Waals surface area (Å²) in [4.78, 5) is 15.9. The van der Waals surface area contributed by atoms with Gasteiger partial charge in [-0.2, -0.15) is 0 Å². The molecule has 0 aliphatic heterocycles. The van der Waals surface area contributed by atoms with E-state index in [9.17, 15) is 9.90 Å². The van der Waals surface area contributed by atoms with E-state index in [2.05, 4.69) is 10.3 Å². The van der Waals surface area contributed by atoms with Gasteiger partial charge in [0, 0.05) is 6.20 Å². The lowest BCUT2D eigenvalue weighted by Crippen LogP contribution is -2.13. The lowest BCUT2D eigenvalue weighted by atomic mass is 10.1. The number of rotatable bonds is 2. The topological polar surface area (TPSA) is 62.2 Å². The lowest BCUT2D eigenvalue weighted by molar-refractivity contribution is 0.102. The second-order valence-electron chi connectivity index (χ2n) is 3.76. The number of carbonyl (C=O) groups is 1. The van der Waals surface area contributed by atoms with Crippen molar-refractivity contribution in [1.29, 1.82) is 0 Å². The van der Waals surface area contributed by atoms with Crippen molar-refractivity contribution in [2.75, 3.05) is 5.32 Å². The van der Waals surface area contributed by atoms with Crippen LogP contribution in [-0.4, -0.2) is 16.0 Å². The molecule has 0 saturated heterocycles. The third kappa shape index (κ3) is 2.43. The van der Waals surface area contributed by atoms with Crippen LogP contribution in [0.1, 0.15) is 15.9 Å². The SMILES string of the molecule is Cc1cccc(C(=O)Nc2ncccc2Cl)c1O. The number of halogens is 1. The van der Waals surface area contributed by atoms with Gasteiger partial charge in [0.05, 0.1) is 10.6 Å². The summed E-state index contributed by atoms with van der Waals surface area (Å²) in [5.74, 6) is -0.219. The fraction of sp³-hybridized carbons (Fsp3) is 0.0769. The highest BCUT2D eigenvalue weighted by Gasteiger charge is 2.14. The number of phenols is 1. The van der Waals surface area contributed by atoms with E-state index in [0.717, 1.165) is 0 Å². The highest BCUT2D eigenvalue weighted by atomic mass is 35.5. The Kier molecular flexibility index (Phi) is 3.48. The van der Waals surface area contributed by atoms with Crippen LogP contribution < -0.4 is 5.32 Å². The van der Waals surface area contributed by atoms with E-state index in [1.54, 1.807) is 31.2 Å². The van der Waals surface area contributed by atoms with Crippen molar-refractivity contribution in [3.05, 3.63) is 52.7 Å². The van der Waals surface area contributed by atoms with Gasteiger partial charge in [0.2, 0.25) is 0 Å². The van der Waals surface area contributed by atoms with E-state index in [-0.39, 0.29) is 17.1 Å². The van der Waals surface area contributed by atoms with Crippen LogP contribution in [0.3, 0.4) is 0 Å². The maximum Gasteiger partial charge on any atom is 0.260 e. The number of pyridine rings is 1. The maximum absolute atomic E-state index is 12.0. The number of hydrogen-bond donors (Lipinski definition) is 2. The standard InChI is InChI=1S/C13H11ClN2O2/c1-8-4-2-5-9(11(8)17)13(18)16-12-10(14)6-3-7-15-12/h2-7,17H,1H3,(H,15,16,18). The summed E-state index contributed by atoms with van der Waals surface area (Å²) in [5.41, 5.74) is 0.825. The van der Waals surface area contributed by atoms with Gasteiger partial charge in [-0.3, -0.25) is 4.79 Å². The summed E-state index contributed by atoms with van der Waals surface area (Å²) in [6.45, 7) is 1.72. The van der Waals surface area contributed by atoms with Crippen LogP contribution in [0.15, 0.2) is 36.5 Å². The molecule has 0 fully saturated rings. The Labute approximate surface area is 109 Å². The molecule has 4 nitrogen and oxygen atoms in total. The Morgan fingerprint density at radius 2 is 2.11 bits per heavy atom. The zero-order valence-corrected chi connectivity index (χ0v) is 10.4. The van der Waals surface area contributed by atoms with Gasteiger partial charge in [0.1, 0.15) is 5.75 Å². The Morgan fingerprint density at radius 3 is 2.83 bits per heavy atom. The van der Waals surface area contributed by atoms with Crippen LogP contribution in [0, 0.1) is 6.92 Å². The molecule has 5 heteroatoms. The van der Waals surface area contributed by atoms with Gasteiger partial charge < -0.3 is 10.4 Å². The molecule has 0 radical (unpaired) electrons. The molecule has 1 aromatic carbocycles. The van der Waals surface area contributed by atoms with Gasteiger partial charge in [-0.25, -0.2) is 4.98 Å². The number of nitrogens with one attached hydrogen (secondary N) is 1. The van der Waals surface area contributed by atoms with Crippen LogP contribution in [0.4, 0.5) is 5.82 Å². The summed E-state index contributed by atoms with van der Waals surface area (Å²) in [5, 5.41) is 12.7. The van der Waals surface area contributed by atoms with Gasteiger partial charge in [-0.05, 0) is 30.7 Å². The van der Waals surface area contributed by atoms with Crippen LogP contribution in [0.2, 0.25) is 5.02 Å². The number of hydrogen-bond acceptors (Lipinski definition) is 3. The van der Waals surface area contributed by atoms with E-state index in [1.807, 2.05) is 0 Å². The maximum atomic E-state index is 12.0. The number of aryl methyl sites for hydroxylation is 1. The third-order valence-electron chi connectivity index (χ3n) is 2.47. The molecule has 18 heavy (non-hydrogen) atoms. The largest absolute Gasteiger partial charge is 0.507 e. The van der Waals surface area contributed by atoms with Crippen molar-refractivity contribution in [1.82, 2.24) is 4.98 Å². The molecule has 0 atom stereocenters. The van der Waals surface area contributed by atoms with Gasteiger partial charge >= 0.3 is 0 Å². The number of anilines is 1. The molecule has 0 unspecified atom stereocenters.